The van der Waals surface area contributed by atoms with E-state index in [0.717, 1.165) is 24.8 Å². The van der Waals surface area contributed by atoms with E-state index < -0.39 is 0 Å². The first-order valence-electron chi connectivity index (χ1n) is 12.8. The molecule has 4 nitrogen and oxygen atoms in total. The van der Waals surface area contributed by atoms with Crippen LogP contribution < -0.4 is 5.32 Å². The summed E-state index contributed by atoms with van der Waals surface area (Å²) in [5.74, 6) is 3.23. The molecule has 1 aromatic carbocycles. The largest absolute Gasteiger partial charge is 0.353 e. The van der Waals surface area contributed by atoms with Crippen LogP contribution in [0, 0.1) is 34.5 Å². The maximum atomic E-state index is 12.9. The summed E-state index contributed by atoms with van der Waals surface area (Å²) in [5, 5.41) is 3.46. The third-order valence-electron chi connectivity index (χ3n) is 10.5. The van der Waals surface area contributed by atoms with Gasteiger partial charge in [-0.25, -0.2) is 0 Å². The van der Waals surface area contributed by atoms with Crippen molar-refractivity contribution in [1.82, 2.24) is 10.2 Å². The molecule has 1 aliphatic heterocycles. The number of hydrogen-bond donors (Lipinski definition) is 1. The van der Waals surface area contributed by atoms with Crippen LogP contribution in [0.3, 0.4) is 0 Å². The van der Waals surface area contributed by atoms with E-state index in [1.165, 1.54) is 19.3 Å². The van der Waals surface area contributed by atoms with Crippen molar-refractivity contribution in [3.8, 4) is 0 Å². The Morgan fingerprint density at radius 3 is 2.53 bits per heavy atom. The van der Waals surface area contributed by atoms with Crippen LogP contribution in [0.25, 0.3) is 0 Å². The van der Waals surface area contributed by atoms with Crippen LogP contribution in [0.2, 0.25) is 0 Å². The van der Waals surface area contributed by atoms with E-state index in [4.69, 9.17) is 0 Å². The number of benzene rings is 1. The topological polar surface area (TPSA) is 49.4 Å². The third kappa shape index (κ3) is 3.31. The molecule has 3 saturated carbocycles. The third-order valence-corrected chi connectivity index (χ3v) is 10.5. The summed E-state index contributed by atoms with van der Waals surface area (Å²) in [6.45, 7) is 7.39. The van der Waals surface area contributed by atoms with Gasteiger partial charge in [0.15, 0.2) is 0 Å². The summed E-state index contributed by atoms with van der Waals surface area (Å²) in [6, 6.07) is 10.8. The minimum Gasteiger partial charge on any atom is -0.353 e. The molecule has 32 heavy (non-hydrogen) atoms. The molecule has 5 rings (SSSR count). The fraction of sp³-hybridized carbons (Fsp3) is 0.714. The molecule has 0 bridgehead atoms. The summed E-state index contributed by atoms with van der Waals surface area (Å²) < 4.78 is 0. The molecular formula is C28H40N2O2. The second-order valence-corrected chi connectivity index (χ2v) is 11.9. The Balaban J connectivity index is 1.34. The van der Waals surface area contributed by atoms with Crippen molar-refractivity contribution in [2.24, 2.45) is 34.5 Å². The number of hydrogen-bond acceptors (Lipinski definition) is 2. The number of fused-ring (bicyclic) bond motifs is 5. The van der Waals surface area contributed by atoms with Crippen LogP contribution in [-0.2, 0) is 16.0 Å². The Hall–Kier alpha value is -1.84. The molecule has 0 unspecified atom stereocenters. The Morgan fingerprint density at radius 1 is 1.06 bits per heavy atom. The normalized spacial score (nSPS) is 43.2. The number of nitrogens with one attached hydrogen (secondary N) is 1. The predicted octanol–water partition coefficient (Wildman–Crippen LogP) is 4.82. The first kappa shape index (κ1) is 22.0. The van der Waals surface area contributed by atoms with Crippen molar-refractivity contribution in [1.29, 1.82) is 0 Å². The highest BCUT2D eigenvalue weighted by molar-refractivity contribution is 5.79. The number of rotatable bonds is 3. The smallest absolute Gasteiger partial charge is 0.224 e. The summed E-state index contributed by atoms with van der Waals surface area (Å²) in [5.41, 5.74) is 1.53. The molecule has 1 N–H and O–H groups in total. The van der Waals surface area contributed by atoms with Gasteiger partial charge in [0.2, 0.25) is 11.8 Å². The number of carbonyl (C=O) groups is 2. The van der Waals surface area contributed by atoms with Gasteiger partial charge in [-0.1, -0.05) is 51.1 Å². The monoisotopic (exact) mass is 436 g/mol. The van der Waals surface area contributed by atoms with E-state index in [9.17, 15) is 9.59 Å². The number of piperidine rings is 1. The molecule has 174 valence electrons. The molecule has 3 aliphatic carbocycles. The van der Waals surface area contributed by atoms with Crippen molar-refractivity contribution < 1.29 is 9.59 Å². The van der Waals surface area contributed by atoms with E-state index in [1.807, 2.05) is 37.4 Å². The lowest BCUT2D eigenvalue weighted by molar-refractivity contribution is -0.165. The van der Waals surface area contributed by atoms with E-state index in [1.54, 1.807) is 0 Å². The lowest BCUT2D eigenvalue weighted by atomic mass is 9.45. The molecule has 4 heteroatoms. The minimum atomic E-state index is 0.168. The van der Waals surface area contributed by atoms with Crippen LogP contribution in [-0.4, -0.2) is 35.8 Å². The maximum absolute atomic E-state index is 12.9. The molecule has 4 fully saturated rings. The summed E-state index contributed by atoms with van der Waals surface area (Å²) in [4.78, 5) is 27.4. The molecule has 8 atom stereocenters. The first-order valence-corrected chi connectivity index (χ1v) is 12.8. The zero-order valence-electron chi connectivity index (χ0n) is 20.3. The van der Waals surface area contributed by atoms with Gasteiger partial charge in [0.05, 0.1) is 6.42 Å². The molecule has 2 amide bonds. The predicted molar refractivity (Wildman–Crippen MR) is 127 cm³/mol. The van der Waals surface area contributed by atoms with Crippen molar-refractivity contribution in [3.63, 3.8) is 0 Å². The standard InChI is InChI=1S/C28H40N2O2/c1-18-16-23-28(3,15-13-25(32)30(23)4)21-12-14-27(2)20(26(18)21)10-11-22(27)29-24(31)17-19-8-6-5-7-9-19/h5-9,18,20-23,26H,10-17H2,1-4H3,(H,29,31)/t18-,20-,21-,22-,23+,26-,27-,28+/m0/s1. The van der Waals surface area contributed by atoms with Crippen molar-refractivity contribution in [2.75, 3.05) is 7.05 Å². The van der Waals surface area contributed by atoms with Crippen LogP contribution in [0.4, 0.5) is 0 Å². The van der Waals surface area contributed by atoms with E-state index >= 15 is 0 Å². The second-order valence-electron chi connectivity index (χ2n) is 11.9. The van der Waals surface area contributed by atoms with Gasteiger partial charge in [-0.05, 0) is 78.6 Å². The Morgan fingerprint density at radius 2 is 1.78 bits per heavy atom. The zero-order chi connectivity index (χ0) is 22.7. The second kappa shape index (κ2) is 7.88. The van der Waals surface area contributed by atoms with Crippen LogP contribution in [0.15, 0.2) is 30.3 Å². The van der Waals surface area contributed by atoms with Crippen molar-refractivity contribution >= 4 is 11.8 Å². The SMILES string of the molecule is C[C@H]1C[C@H]2N(C)C(=O)CC[C@]2(C)[C@H]2CC[C@]3(C)[C@@H](NC(=O)Cc4ccccc4)CC[C@H]3[C@H]12. The Bertz CT molecular complexity index is 885. The molecule has 1 aromatic rings. The van der Waals surface area contributed by atoms with Gasteiger partial charge in [0.25, 0.3) is 0 Å². The lowest BCUT2D eigenvalue weighted by Crippen LogP contribution is -2.63. The van der Waals surface area contributed by atoms with Crippen LogP contribution in [0.5, 0.6) is 0 Å². The molecule has 1 saturated heterocycles. The number of likely N-dealkylation sites (tertiary alicyclic amines) is 1. The molecule has 4 aliphatic rings. The van der Waals surface area contributed by atoms with Gasteiger partial charge >= 0.3 is 0 Å². The Kier molecular flexibility index (Phi) is 5.41. The highest BCUT2D eigenvalue weighted by Gasteiger charge is 2.62. The first-order chi connectivity index (χ1) is 15.2. The fourth-order valence-corrected chi connectivity index (χ4v) is 8.73. The van der Waals surface area contributed by atoms with E-state index in [2.05, 4.69) is 31.0 Å². The summed E-state index contributed by atoms with van der Waals surface area (Å²) >= 11 is 0. The zero-order valence-corrected chi connectivity index (χ0v) is 20.3. The number of amides is 2. The lowest BCUT2D eigenvalue weighted by Gasteiger charge is -2.63. The maximum Gasteiger partial charge on any atom is 0.224 e. The average Bonchev–Trinajstić information content (AvgIpc) is 3.09. The number of carbonyl (C=O) groups excluding carboxylic acids is 2. The van der Waals surface area contributed by atoms with Gasteiger partial charge in [0, 0.05) is 25.6 Å². The number of nitrogens with zero attached hydrogens (tertiary/aromatic N) is 1. The van der Waals surface area contributed by atoms with Crippen molar-refractivity contribution in [2.45, 2.75) is 84.2 Å². The van der Waals surface area contributed by atoms with Gasteiger partial charge in [-0.2, -0.15) is 0 Å². The molecular weight excluding hydrogens is 396 g/mol. The van der Waals surface area contributed by atoms with Gasteiger partial charge in [-0.3, -0.25) is 9.59 Å². The van der Waals surface area contributed by atoms with Gasteiger partial charge < -0.3 is 10.2 Å². The van der Waals surface area contributed by atoms with E-state index in [-0.39, 0.29) is 22.8 Å². The average molecular weight is 437 g/mol. The fourth-order valence-electron chi connectivity index (χ4n) is 8.73. The van der Waals surface area contributed by atoms with Gasteiger partial charge in [-0.15, -0.1) is 0 Å². The van der Waals surface area contributed by atoms with Crippen LogP contribution >= 0.6 is 0 Å². The highest BCUT2D eigenvalue weighted by Crippen LogP contribution is 2.65. The van der Waals surface area contributed by atoms with Crippen LogP contribution in [0.1, 0.15) is 71.3 Å². The highest BCUT2D eigenvalue weighted by atomic mass is 16.2. The van der Waals surface area contributed by atoms with E-state index in [0.29, 0.717) is 48.5 Å². The molecule has 0 spiro atoms. The molecule has 0 aromatic heterocycles. The molecule has 1 heterocycles. The summed E-state index contributed by atoms with van der Waals surface area (Å²) in [6.07, 6.45) is 8.14. The quantitative estimate of drug-likeness (QED) is 0.738. The molecule has 0 radical (unpaired) electrons. The van der Waals surface area contributed by atoms with Gasteiger partial charge in [0.1, 0.15) is 0 Å². The minimum absolute atomic E-state index is 0.168. The Labute approximate surface area is 193 Å². The van der Waals surface area contributed by atoms with Crippen molar-refractivity contribution in [3.05, 3.63) is 35.9 Å². The summed E-state index contributed by atoms with van der Waals surface area (Å²) in [7, 11) is 2.04.